The summed E-state index contributed by atoms with van der Waals surface area (Å²) in [6.07, 6.45) is 89.7. The monoisotopic (exact) mass is 1120 g/mol. The zero-order chi connectivity index (χ0) is 57.7. The quantitative estimate of drug-likeness (QED) is 0.0272. The van der Waals surface area contributed by atoms with Crippen LogP contribution in [-0.2, 0) is 18.4 Å². The van der Waals surface area contributed by atoms with Crippen LogP contribution in [0.15, 0.2) is 134 Å². The van der Waals surface area contributed by atoms with Crippen LogP contribution < -0.4 is 10.2 Å². The van der Waals surface area contributed by atoms with E-state index in [1.807, 2.05) is 27.2 Å². The maximum atomic E-state index is 13.0. The van der Waals surface area contributed by atoms with E-state index in [0.717, 1.165) is 109 Å². The van der Waals surface area contributed by atoms with Gasteiger partial charge in [-0.25, -0.2) is 0 Å². The summed E-state index contributed by atoms with van der Waals surface area (Å²) in [4.78, 5) is 25.6. The molecule has 0 aromatic heterocycles. The molecule has 452 valence electrons. The molecular formula is C70H121N2O6P. The number of hydrogen-bond acceptors (Lipinski definition) is 6. The van der Waals surface area contributed by atoms with Crippen LogP contribution in [-0.4, -0.2) is 68.5 Å². The first-order valence-electron chi connectivity index (χ1n) is 32.0. The number of likely N-dealkylation sites (N-methyl/N-ethyl adjacent to an activating group) is 1. The Morgan fingerprint density at radius 1 is 0.456 bits per heavy atom. The van der Waals surface area contributed by atoms with Crippen molar-refractivity contribution in [3.05, 3.63) is 134 Å². The molecule has 0 saturated carbocycles. The molecule has 0 aromatic rings. The third-order valence-corrected chi connectivity index (χ3v) is 14.6. The summed E-state index contributed by atoms with van der Waals surface area (Å²) in [5, 5.41) is 13.9. The van der Waals surface area contributed by atoms with E-state index in [4.69, 9.17) is 9.05 Å². The molecule has 8 nitrogen and oxygen atoms in total. The Morgan fingerprint density at radius 3 is 1.18 bits per heavy atom. The molecule has 2 N–H and O–H groups in total. The van der Waals surface area contributed by atoms with Gasteiger partial charge in [0.15, 0.2) is 0 Å². The van der Waals surface area contributed by atoms with E-state index in [2.05, 4.69) is 141 Å². The number of aliphatic hydroxyl groups is 1. The third-order valence-electron chi connectivity index (χ3n) is 13.6. The molecule has 0 saturated heterocycles. The van der Waals surface area contributed by atoms with E-state index in [1.165, 1.54) is 122 Å². The number of phosphoric ester groups is 1. The molecule has 0 heterocycles. The molecule has 0 rings (SSSR count). The molecule has 1 amide bonds. The lowest BCUT2D eigenvalue weighted by atomic mass is 10.0. The van der Waals surface area contributed by atoms with Crippen LogP contribution in [0, 0.1) is 0 Å². The number of quaternary nitrogens is 1. The first kappa shape index (κ1) is 75.6. The van der Waals surface area contributed by atoms with Gasteiger partial charge in [-0.15, -0.1) is 0 Å². The van der Waals surface area contributed by atoms with Crippen molar-refractivity contribution in [3.63, 3.8) is 0 Å². The second-order valence-corrected chi connectivity index (χ2v) is 23.8. The standard InChI is InChI=1S/C70H121N2O6P/c1-6-8-10-12-14-16-18-20-22-24-26-28-29-30-31-32-33-34-35-36-37-38-39-40-41-42-43-44-46-48-50-52-54-56-58-60-62-64-70(74)71-68(67-78-79(75,76)77-66-65-72(3,4)5)69(73)63-61-59-57-55-53-51-49-47-45-27-25-23-21-19-17-15-13-11-9-7-2/h8,10,14,16,20,22,26,28,30-31,33-34,36-37,39-40,42-43,53,55,61,63,68-69,73H,6-7,9,11-13,15,17-19,21,23-25,27,29,32,35,38,41,44-52,54,56-60,62,64-67H2,1-5H3,(H-,71,74,75,76)/b10-8-,16-14-,22-20-,28-26-,31-30-,34-33-,37-36-,40-39-,43-42-,55-53+,63-61+. The Kier molecular flexibility index (Phi) is 56.7. The number of hydrogen-bond donors (Lipinski definition) is 2. The van der Waals surface area contributed by atoms with Gasteiger partial charge >= 0.3 is 0 Å². The second kappa shape index (κ2) is 59.3. The molecule has 0 bridgehead atoms. The fourth-order valence-corrected chi connectivity index (χ4v) is 9.36. The van der Waals surface area contributed by atoms with Gasteiger partial charge < -0.3 is 28.8 Å². The number of amides is 1. The minimum atomic E-state index is -4.62. The number of carbonyl (C=O) groups is 1. The average molecular weight is 1120 g/mol. The number of nitrogens with zero attached hydrogens (tertiary/aromatic N) is 1. The van der Waals surface area contributed by atoms with Crippen LogP contribution in [0.5, 0.6) is 0 Å². The van der Waals surface area contributed by atoms with E-state index in [9.17, 15) is 19.4 Å². The third kappa shape index (κ3) is 62.1. The molecule has 0 aliphatic heterocycles. The van der Waals surface area contributed by atoms with Crippen LogP contribution in [0.25, 0.3) is 0 Å². The molecule has 3 unspecified atom stereocenters. The van der Waals surface area contributed by atoms with Crippen LogP contribution >= 0.6 is 7.82 Å². The Hall–Kier alpha value is -3.36. The van der Waals surface area contributed by atoms with E-state index in [-0.39, 0.29) is 12.5 Å². The molecule has 0 aliphatic carbocycles. The summed E-state index contributed by atoms with van der Waals surface area (Å²) in [6, 6.07) is -0.917. The van der Waals surface area contributed by atoms with E-state index in [0.29, 0.717) is 17.4 Å². The first-order chi connectivity index (χ1) is 38.5. The highest BCUT2D eigenvalue weighted by atomic mass is 31.2. The Bertz CT molecular complexity index is 1750. The number of aliphatic hydroxyl groups excluding tert-OH is 1. The van der Waals surface area contributed by atoms with Gasteiger partial charge in [-0.05, 0) is 103 Å². The summed E-state index contributed by atoms with van der Waals surface area (Å²) in [7, 11) is 1.23. The lowest BCUT2D eigenvalue weighted by Gasteiger charge is -2.29. The molecule has 3 atom stereocenters. The number of allylic oxidation sites excluding steroid dienone is 21. The van der Waals surface area contributed by atoms with Gasteiger partial charge in [0.25, 0.3) is 7.82 Å². The zero-order valence-corrected chi connectivity index (χ0v) is 52.4. The van der Waals surface area contributed by atoms with E-state index < -0.39 is 26.6 Å². The van der Waals surface area contributed by atoms with Gasteiger partial charge in [0.2, 0.25) is 5.91 Å². The van der Waals surface area contributed by atoms with Crippen molar-refractivity contribution in [1.29, 1.82) is 0 Å². The summed E-state index contributed by atoms with van der Waals surface area (Å²) in [5.41, 5.74) is 0. The topological polar surface area (TPSA) is 108 Å². The van der Waals surface area contributed by atoms with Gasteiger partial charge in [-0.1, -0.05) is 276 Å². The highest BCUT2D eigenvalue weighted by Crippen LogP contribution is 2.38. The zero-order valence-electron chi connectivity index (χ0n) is 51.5. The summed E-state index contributed by atoms with van der Waals surface area (Å²) in [5.74, 6) is -0.218. The van der Waals surface area contributed by atoms with Crippen molar-refractivity contribution < 1.29 is 32.9 Å². The van der Waals surface area contributed by atoms with Crippen molar-refractivity contribution >= 4 is 13.7 Å². The molecule has 0 spiro atoms. The maximum absolute atomic E-state index is 13.0. The van der Waals surface area contributed by atoms with Gasteiger partial charge in [0, 0.05) is 6.42 Å². The summed E-state index contributed by atoms with van der Waals surface area (Å²) >= 11 is 0. The lowest BCUT2D eigenvalue weighted by Crippen LogP contribution is -2.45. The Labute approximate surface area is 487 Å². The fourth-order valence-electron chi connectivity index (χ4n) is 8.63. The van der Waals surface area contributed by atoms with Crippen molar-refractivity contribution in [3.8, 4) is 0 Å². The molecular weight excluding hydrogens is 996 g/mol. The van der Waals surface area contributed by atoms with Crippen molar-refractivity contribution in [2.24, 2.45) is 0 Å². The highest BCUT2D eigenvalue weighted by molar-refractivity contribution is 7.45. The molecule has 0 radical (unpaired) electrons. The number of nitrogens with one attached hydrogen (secondary N) is 1. The van der Waals surface area contributed by atoms with E-state index >= 15 is 0 Å². The lowest BCUT2D eigenvalue weighted by molar-refractivity contribution is -0.870. The van der Waals surface area contributed by atoms with Crippen LogP contribution in [0.2, 0.25) is 0 Å². The van der Waals surface area contributed by atoms with E-state index in [1.54, 1.807) is 6.08 Å². The predicted molar refractivity (Wildman–Crippen MR) is 343 cm³/mol. The number of unbranched alkanes of at least 4 members (excludes halogenated alkanes) is 24. The average Bonchev–Trinajstić information content (AvgIpc) is 3.42. The molecule has 79 heavy (non-hydrogen) atoms. The highest BCUT2D eigenvalue weighted by Gasteiger charge is 2.23. The van der Waals surface area contributed by atoms with Gasteiger partial charge in [-0.2, -0.15) is 0 Å². The molecule has 0 fully saturated rings. The largest absolute Gasteiger partial charge is 0.756 e. The fraction of sp³-hybridized carbons (Fsp3) is 0.671. The predicted octanol–water partition coefficient (Wildman–Crippen LogP) is 19.6. The molecule has 0 aromatic carbocycles. The van der Waals surface area contributed by atoms with Gasteiger partial charge in [0.1, 0.15) is 13.2 Å². The summed E-state index contributed by atoms with van der Waals surface area (Å²) in [6.45, 7) is 4.51. The van der Waals surface area contributed by atoms with Crippen molar-refractivity contribution in [2.45, 2.75) is 264 Å². The minimum absolute atomic E-state index is 0.0138. The number of phosphoric acid groups is 1. The van der Waals surface area contributed by atoms with Crippen LogP contribution in [0.1, 0.15) is 251 Å². The normalized spacial score (nSPS) is 14.7. The van der Waals surface area contributed by atoms with Gasteiger partial charge in [-0.3, -0.25) is 9.36 Å². The maximum Gasteiger partial charge on any atom is 0.268 e. The smallest absolute Gasteiger partial charge is 0.268 e. The Balaban J connectivity index is 4.20. The Morgan fingerprint density at radius 2 is 0.785 bits per heavy atom. The van der Waals surface area contributed by atoms with Crippen molar-refractivity contribution in [2.75, 3.05) is 40.9 Å². The van der Waals surface area contributed by atoms with Crippen LogP contribution in [0.3, 0.4) is 0 Å². The SMILES string of the molecule is CC/C=C\C/C=C\C/C=C\C/C=C\C/C=C\C/C=C\C/C=C\C/C=C\C/C=C\CCCCCCCCCCCC(=O)NC(COP(=O)([O-])OCC[N+](C)(C)C)C(O)/C=C/CC/C=C/CCCCCCCCCCCCCCCC. The van der Waals surface area contributed by atoms with Crippen LogP contribution in [0.4, 0.5) is 0 Å². The molecule has 9 heteroatoms. The number of carbonyl (C=O) groups excluding carboxylic acids is 1. The van der Waals surface area contributed by atoms with Crippen molar-refractivity contribution in [1.82, 2.24) is 5.32 Å². The van der Waals surface area contributed by atoms with Gasteiger partial charge in [0.05, 0.1) is 39.9 Å². The first-order valence-corrected chi connectivity index (χ1v) is 33.5. The summed E-state index contributed by atoms with van der Waals surface area (Å²) < 4.78 is 23.4. The number of rotatable bonds is 57. The second-order valence-electron chi connectivity index (χ2n) is 22.4. The molecule has 0 aliphatic rings. The minimum Gasteiger partial charge on any atom is -0.756 e.